The molecule has 0 spiro atoms. The van der Waals surface area contributed by atoms with Gasteiger partial charge in [-0.2, -0.15) is 0 Å². The van der Waals surface area contributed by atoms with Crippen molar-refractivity contribution in [3.63, 3.8) is 0 Å². The van der Waals surface area contributed by atoms with E-state index in [2.05, 4.69) is 61.6 Å². The van der Waals surface area contributed by atoms with E-state index in [1.165, 1.54) is 0 Å². The van der Waals surface area contributed by atoms with Crippen molar-refractivity contribution in [2.24, 2.45) is 5.92 Å². The molecule has 0 bridgehead atoms. The van der Waals surface area contributed by atoms with E-state index in [0.29, 0.717) is 17.7 Å². The molecule has 0 unspecified atom stereocenters. The molecule has 5 heteroatoms. The number of hydrogen-bond donors (Lipinski definition) is 0. The molecular weight excluding hydrogens is 284 g/mol. The Morgan fingerprint density at radius 2 is 1.81 bits per heavy atom. The van der Waals surface area contributed by atoms with Crippen molar-refractivity contribution in [2.45, 2.75) is 39.5 Å². The van der Waals surface area contributed by atoms with Gasteiger partial charge < -0.3 is 9.80 Å². The van der Waals surface area contributed by atoms with Gasteiger partial charge in [0.05, 0.1) is 23.5 Å². The van der Waals surface area contributed by atoms with Gasteiger partial charge in [0.1, 0.15) is 5.82 Å². The molecular formula is C16H29ClN4. The lowest BCUT2D eigenvalue weighted by molar-refractivity contribution is 0.408. The van der Waals surface area contributed by atoms with Crippen LogP contribution in [0.1, 0.15) is 45.1 Å². The predicted octanol–water partition coefficient (Wildman–Crippen LogP) is 3.36. The van der Waals surface area contributed by atoms with Crippen LogP contribution in [-0.2, 0) is 5.88 Å². The van der Waals surface area contributed by atoms with Crippen molar-refractivity contribution in [1.82, 2.24) is 14.9 Å². The molecule has 0 saturated heterocycles. The average molecular weight is 313 g/mol. The summed E-state index contributed by atoms with van der Waals surface area (Å²) in [6.45, 7) is 11.6. The maximum Gasteiger partial charge on any atom is 0.131 e. The summed E-state index contributed by atoms with van der Waals surface area (Å²) in [5, 5.41) is 0. The molecule has 0 aliphatic heterocycles. The highest BCUT2D eigenvalue weighted by molar-refractivity contribution is 6.17. The molecule has 0 amide bonds. The second-order valence-corrected chi connectivity index (χ2v) is 6.76. The summed E-state index contributed by atoms with van der Waals surface area (Å²) in [5.74, 6) is 2.20. The highest BCUT2D eigenvalue weighted by Crippen LogP contribution is 2.23. The minimum atomic E-state index is 0.321. The van der Waals surface area contributed by atoms with Crippen LogP contribution in [0.2, 0.25) is 0 Å². The normalized spacial score (nSPS) is 11.7. The number of aromatic nitrogens is 2. The third-order valence-corrected chi connectivity index (χ3v) is 3.50. The van der Waals surface area contributed by atoms with Gasteiger partial charge in [0.25, 0.3) is 0 Å². The van der Waals surface area contributed by atoms with Gasteiger partial charge in [-0.15, -0.1) is 11.6 Å². The third kappa shape index (κ3) is 5.79. The van der Waals surface area contributed by atoms with E-state index in [-0.39, 0.29) is 0 Å². The van der Waals surface area contributed by atoms with Gasteiger partial charge in [0, 0.05) is 25.6 Å². The van der Waals surface area contributed by atoms with Crippen molar-refractivity contribution < 1.29 is 0 Å². The second kappa shape index (κ2) is 8.54. The van der Waals surface area contributed by atoms with Crippen LogP contribution in [0.5, 0.6) is 0 Å². The number of anilines is 1. The second-order valence-electron chi connectivity index (χ2n) is 6.49. The smallest absolute Gasteiger partial charge is 0.131 e. The van der Waals surface area contributed by atoms with Crippen LogP contribution < -0.4 is 4.90 Å². The standard InChI is InChI=1S/C16H29ClN4/c1-12(2)11-21(8-7-20(5)6)15-10-18-16(13(3)4)19-14(15)9-17/h10,12-13H,7-9,11H2,1-6H3. The van der Waals surface area contributed by atoms with Gasteiger partial charge in [-0.25, -0.2) is 9.97 Å². The monoisotopic (exact) mass is 312 g/mol. The van der Waals surface area contributed by atoms with Crippen LogP contribution in [0.15, 0.2) is 6.20 Å². The lowest BCUT2D eigenvalue weighted by Gasteiger charge is -2.29. The molecule has 0 atom stereocenters. The fourth-order valence-corrected chi connectivity index (χ4v) is 2.34. The number of halogens is 1. The highest BCUT2D eigenvalue weighted by atomic mass is 35.5. The van der Waals surface area contributed by atoms with Crippen molar-refractivity contribution in [3.05, 3.63) is 17.7 Å². The lowest BCUT2D eigenvalue weighted by atomic mass is 10.1. The van der Waals surface area contributed by atoms with Crippen molar-refractivity contribution in [1.29, 1.82) is 0 Å². The Balaban J connectivity index is 3.04. The van der Waals surface area contributed by atoms with E-state index < -0.39 is 0 Å². The fourth-order valence-electron chi connectivity index (χ4n) is 2.14. The number of hydrogen-bond acceptors (Lipinski definition) is 4. The maximum absolute atomic E-state index is 6.12. The van der Waals surface area contributed by atoms with E-state index in [4.69, 9.17) is 11.6 Å². The minimum Gasteiger partial charge on any atom is -0.367 e. The fraction of sp³-hybridized carbons (Fsp3) is 0.750. The van der Waals surface area contributed by atoms with Gasteiger partial charge in [0.2, 0.25) is 0 Å². The Labute approximate surface area is 134 Å². The molecule has 1 heterocycles. The summed E-state index contributed by atoms with van der Waals surface area (Å²) in [6.07, 6.45) is 1.94. The average Bonchev–Trinajstić information content (AvgIpc) is 2.42. The molecule has 0 N–H and O–H groups in total. The number of rotatable bonds is 8. The van der Waals surface area contributed by atoms with Crippen molar-refractivity contribution >= 4 is 17.3 Å². The zero-order valence-electron chi connectivity index (χ0n) is 14.2. The summed E-state index contributed by atoms with van der Waals surface area (Å²) in [7, 11) is 4.18. The lowest BCUT2D eigenvalue weighted by Crippen LogP contribution is -2.35. The summed E-state index contributed by atoms with van der Waals surface area (Å²) in [5.41, 5.74) is 2.01. The molecule has 120 valence electrons. The zero-order valence-corrected chi connectivity index (χ0v) is 15.0. The maximum atomic E-state index is 6.12. The number of likely N-dealkylation sites (N-methyl/N-ethyl adjacent to an activating group) is 1. The van der Waals surface area contributed by atoms with Gasteiger partial charge >= 0.3 is 0 Å². The first-order chi connectivity index (χ1) is 9.85. The molecule has 1 aromatic rings. The molecule has 0 aliphatic rings. The molecule has 0 aliphatic carbocycles. The number of alkyl halides is 1. The summed E-state index contributed by atoms with van der Waals surface area (Å²) in [6, 6.07) is 0. The predicted molar refractivity (Wildman–Crippen MR) is 91.3 cm³/mol. The quantitative estimate of drug-likeness (QED) is 0.689. The third-order valence-electron chi connectivity index (χ3n) is 3.25. The molecule has 4 nitrogen and oxygen atoms in total. The summed E-state index contributed by atoms with van der Waals surface area (Å²) < 4.78 is 0. The van der Waals surface area contributed by atoms with E-state index in [1.807, 2.05) is 6.20 Å². The molecule has 0 saturated carbocycles. The van der Waals surface area contributed by atoms with E-state index >= 15 is 0 Å². The largest absolute Gasteiger partial charge is 0.367 e. The first-order valence-electron chi connectivity index (χ1n) is 7.66. The van der Waals surface area contributed by atoms with Gasteiger partial charge in [0.15, 0.2) is 0 Å². The first-order valence-corrected chi connectivity index (χ1v) is 8.20. The Kier molecular flexibility index (Phi) is 7.40. The molecule has 1 aromatic heterocycles. The van der Waals surface area contributed by atoms with E-state index in [0.717, 1.165) is 36.8 Å². The molecule has 1 rings (SSSR count). The topological polar surface area (TPSA) is 32.3 Å². The summed E-state index contributed by atoms with van der Waals surface area (Å²) >= 11 is 6.12. The van der Waals surface area contributed by atoms with Gasteiger partial charge in [-0.3, -0.25) is 0 Å². The first kappa shape index (κ1) is 18.2. The van der Waals surface area contributed by atoms with Crippen LogP contribution in [-0.4, -0.2) is 48.6 Å². The Bertz CT molecular complexity index is 432. The highest BCUT2D eigenvalue weighted by Gasteiger charge is 2.16. The van der Waals surface area contributed by atoms with Crippen LogP contribution >= 0.6 is 11.6 Å². The van der Waals surface area contributed by atoms with Crippen LogP contribution in [0.25, 0.3) is 0 Å². The van der Waals surface area contributed by atoms with E-state index in [1.54, 1.807) is 0 Å². The van der Waals surface area contributed by atoms with Crippen molar-refractivity contribution in [2.75, 3.05) is 38.6 Å². The van der Waals surface area contributed by atoms with Crippen LogP contribution in [0, 0.1) is 5.92 Å². The molecule has 21 heavy (non-hydrogen) atoms. The Morgan fingerprint density at radius 1 is 1.14 bits per heavy atom. The van der Waals surface area contributed by atoms with Crippen LogP contribution in [0.3, 0.4) is 0 Å². The minimum absolute atomic E-state index is 0.321. The van der Waals surface area contributed by atoms with Crippen LogP contribution in [0.4, 0.5) is 5.69 Å². The molecule has 0 fully saturated rings. The summed E-state index contributed by atoms with van der Waals surface area (Å²) in [4.78, 5) is 13.7. The van der Waals surface area contributed by atoms with Crippen molar-refractivity contribution in [3.8, 4) is 0 Å². The molecule has 0 radical (unpaired) electrons. The van der Waals surface area contributed by atoms with Gasteiger partial charge in [-0.05, 0) is 20.0 Å². The van der Waals surface area contributed by atoms with E-state index in [9.17, 15) is 0 Å². The SMILES string of the molecule is CC(C)CN(CCN(C)C)c1cnc(C(C)C)nc1CCl. The Hall–Kier alpha value is -0.870. The molecule has 0 aromatic carbocycles. The number of nitrogens with zero attached hydrogens (tertiary/aromatic N) is 4. The zero-order chi connectivity index (χ0) is 16.0. The Morgan fingerprint density at radius 3 is 2.29 bits per heavy atom. The van der Waals surface area contributed by atoms with Gasteiger partial charge in [-0.1, -0.05) is 27.7 Å².